The van der Waals surface area contributed by atoms with Crippen molar-refractivity contribution < 1.29 is 9.59 Å². The first-order chi connectivity index (χ1) is 9.52. The average molecular weight is 277 g/mol. The summed E-state index contributed by atoms with van der Waals surface area (Å²) in [5, 5.41) is 5.49. The molecule has 0 saturated heterocycles. The Bertz CT molecular complexity index is 443. The molecule has 1 rings (SSSR count). The van der Waals surface area contributed by atoms with Crippen LogP contribution in [0.3, 0.4) is 0 Å². The van der Waals surface area contributed by atoms with Gasteiger partial charge in [0.25, 0.3) is 5.91 Å². The van der Waals surface area contributed by atoms with Crippen LogP contribution in [0, 0.1) is 6.92 Å². The minimum atomic E-state index is -0.135. The Balaban J connectivity index is 2.22. The fraction of sp³-hybridized carbons (Fsp3) is 0.467. The second-order valence-corrected chi connectivity index (χ2v) is 4.84. The van der Waals surface area contributed by atoms with E-state index in [-0.39, 0.29) is 17.9 Å². The van der Waals surface area contributed by atoms with Gasteiger partial charge in [-0.3, -0.25) is 9.59 Å². The molecule has 1 aromatic rings. The van der Waals surface area contributed by atoms with Crippen molar-refractivity contribution in [3.05, 3.63) is 35.4 Å². The zero-order valence-electron chi connectivity index (χ0n) is 12.1. The molecule has 0 fully saturated rings. The van der Waals surface area contributed by atoms with Crippen molar-refractivity contribution in [3.8, 4) is 0 Å². The lowest BCUT2D eigenvalue weighted by Gasteiger charge is -2.10. The molecule has 0 heterocycles. The van der Waals surface area contributed by atoms with E-state index in [9.17, 15) is 9.59 Å². The van der Waals surface area contributed by atoms with Gasteiger partial charge in [-0.05, 0) is 25.5 Å². The van der Waals surface area contributed by atoms with Gasteiger partial charge in [-0.15, -0.1) is 0 Å². The first-order valence-electron chi connectivity index (χ1n) is 6.90. The van der Waals surface area contributed by atoms with Crippen molar-refractivity contribution in [2.75, 3.05) is 13.1 Å². The lowest BCUT2D eigenvalue weighted by Crippen LogP contribution is -2.37. The molecule has 0 bridgehead atoms. The number of nitrogens with two attached hydrogens (primary N) is 1. The highest BCUT2D eigenvalue weighted by Crippen LogP contribution is 2.02. The third kappa shape index (κ3) is 5.84. The molecule has 5 nitrogen and oxygen atoms in total. The number of benzene rings is 1. The quantitative estimate of drug-likeness (QED) is 0.649. The molecular weight excluding hydrogens is 254 g/mol. The van der Waals surface area contributed by atoms with Crippen LogP contribution >= 0.6 is 0 Å². The topological polar surface area (TPSA) is 84.2 Å². The molecule has 5 heteroatoms. The standard InChI is InChI=1S/C15H23N3O2/c1-3-13(16)10-14(19)17-8-9-18-15(20)12-6-4-11(2)5-7-12/h4-7,13H,3,8-10,16H2,1-2H3,(H,17,19)(H,18,20). The number of carbonyl (C=O) groups is 2. The molecule has 0 spiro atoms. The summed E-state index contributed by atoms with van der Waals surface area (Å²) in [7, 11) is 0. The molecule has 0 aliphatic carbocycles. The third-order valence-corrected chi connectivity index (χ3v) is 3.02. The molecule has 1 unspecified atom stereocenters. The van der Waals surface area contributed by atoms with Gasteiger partial charge in [0.05, 0.1) is 0 Å². The summed E-state index contributed by atoms with van der Waals surface area (Å²) in [6, 6.07) is 7.25. The largest absolute Gasteiger partial charge is 0.354 e. The lowest BCUT2D eigenvalue weighted by molar-refractivity contribution is -0.121. The Hall–Kier alpha value is -1.88. The van der Waals surface area contributed by atoms with E-state index >= 15 is 0 Å². The summed E-state index contributed by atoms with van der Waals surface area (Å²) in [5.74, 6) is -0.214. The number of amides is 2. The second kappa shape index (κ2) is 8.32. The molecular formula is C15H23N3O2. The molecule has 110 valence electrons. The fourth-order valence-electron chi connectivity index (χ4n) is 1.64. The Morgan fingerprint density at radius 3 is 2.35 bits per heavy atom. The van der Waals surface area contributed by atoms with Gasteiger partial charge in [0.2, 0.25) is 5.91 Å². The molecule has 0 aromatic heterocycles. The molecule has 0 radical (unpaired) electrons. The van der Waals surface area contributed by atoms with Crippen LogP contribution in [0.4, 0.5) is 0 Å². The van der Waals surface area contributed by atoms with Gasteiger partial charge in [-0.1, -0.05) is 24.6 Å². The highest BCUT2D eigenvalue weighted by molar-refractivity contribution is 5.94. The summed E-state index contributed by atoms with van der Waals surface area (Å²) in [6.07, 6.45) is 1.10. The summed E-state index contributed by atoms with van der Waals surface area (Å²) < 4.78 is 0. The zero-order valence-corrected chi connectivity index (χ0v) is 12.1. The maximum absolute atomic E-state index is 11.8. The van der Waals surface area contributed by atoms with E-state index in [0.29, 0.717) is 25.1 Å². The minimum Gasteiger partial charge on any atom is -0.354 e. The Morgan fingerprint density at radius 2 is 1.75 bits per heavy atom. The van der Waals surface area contributed by atoms with E-state index in [4.69, 9.17) is 5.73 Å². The first-order valence-corrected chi connectivity index (χ1v) is 6.90. The fourth-order valence-corrected chi connectivity index (χ4v) is 1.64. The van der Waals surface area contributed by atoms with Crippen molar-refractivity contribution in [2.24, 2.45) is 5.73 Å². The smallest absolute Gasteiger partial charge is 0.251 e. The van der Waals surface area contributed by atoms with Crippen LogP contribution in [0.5, 0.6) is 0 Å². The van der Waals surface area contributed by atoms with Crippen LogP contribution in [0.1, 0.15) is 35.7 Å². The van der Waals surface area contributed by atoms with Crippen molar-refractivity contribution >= 4 is 11.8 Å². The molecule has 2 amide bonds. The molecule has 4 N–H and O–H groups in total. The predicted molar refractivity (Wildman–Crippen MR) is 79.4 cm³/mol. The number of hydrogen-bond donors (Lipinski definition) is 3. The van der Waals surface area contributed by atoms with Crippen molar-refractivity contribution in [3.63, 3.8) is 0 Å². The van der Waals surface area contributed by atoms with E-state index in [2.05, 4.69) is 10.6 Å². The summed E-state index contributed by atoms with van der Waals surface area (Å²) >= 11 is 0. The molecule has 0 saturated carbocycles. The van der Waals surface area contributed by atoms with Crippen LogP contribution in [0.15, 0.2) is 24.3 Å². The lowest BCUT2D eigenvalue weighted by atomic mass is 10.1. The Kier molecular flexibility index (Phi) is 6.73. The number of aryl methyl sites for hydroxylation is 1. The monoisotopic (exact) mass is 277 g/mol. The van der Waals surface area contributed by atoms with Crippen LogP contribution in [-0.4, -0.2) is 30.9 Å². The van der Waals surface area contributed by atoms with E-state index in [1.165, 1.54) is 0 Å². The van der Waals surface area contributed by atoms with Crippen LogP contribution in [-0.2, 0) is 4.79 Å². The number of nitrogens with one attached hydrogen (secondary N) is 2. The maximum Gasteiger partial charge on any atom is 0.251 e. The van der Waals surface area contributed by atoms with Crippen molar-refractivity contribution in [1.82, 2.24) is 10.6 Å². The number of carbonyl (C=O) groups excluding carboxylic acids is 2. The normalized spacial score (nSPS) is 11.8. The van der Waals surface area contributed by atoms with Gasteiger partial charge in [0, 0.05) is 31.1 Å². The average Bonchev–Trinajstić information content (AvgIpc) is 2.44. The molecule has 1 atom stereocenters. The van der Waals surface area contributed by atoms with Gasteiger partial charge in [0.1, 0.15) is 0 Å². The van der Waals surface area contributed by atoms with E-state index < -0.39 is 0 Å². The van der Waals surface area contributed by atoms with Gasteiger partial charge in [-0.2, -0.15) is 0 Å². The molecule has 0 aliphatic rings. The number of rotatable bonds is 7. The van der Waals surface area contributed by atoms with Gasteiger partial charge < -0.3 is 16.4 Å². The predicted octanol–water partition coefficient (Wildman–Crippen LogP) is 0.968. The summed E-state index contributed by atoms with van der Waals surface area (Å²) in [4.78, 5) is 23.2. The second-order valence-electron chi connectivity index (χ2n) is 4.84. The Labute approximate surface area is 119 Å². The maximum atomic E-state index is 11.8. The molecule has 20 heavy (non-hydrogen) atoms. The van der Waals surface area contributed by atoms with Crippen LogP contribution in [0.25, 0.3) is 0 Å². The number of hydrogen-bond acceptors (Lipinski definition) is 3. The highest BCUT2D eigenvalue weighted by atomic mass is 16.2. The van der Waals surface area contributed by atoms with E-state index in [0.717, 1.165) is 12.0 Å². The summed E-state index contributed by atoms with van der Waals surface area (Å²) in [5.41, 5.74) is 7.42. The van der Waals surface area contributed by atoms with Gasteiger partial charge >= 0.3 is 0 Å². The Morgan fingerprint density at radius 1 is 1.15 bits per heavy atom. The van der Waals surface area contributed by atoms with Gasteiger partial charge in [-0.25, -0.2) is 0 Å². The van der Waals surface area contributed by atoms with Crippen LogP contribution < -0.4 is 16.4 Å². The SMILES string of the molecule is CCC(N)CC(=O)NCCNC(=O)c1ccc(C)cc1. The molecule has 0 aliphatic heterocycles. The van der Waals surface area contributed by atoms with Crippen LogP contribution in [0.2, 0.25) is 0 Å². The summed E-state index contributed by atoms with van der Waals surface area (Å²) in [6.45, 7) is 4.73. The minimum absolute atomic E-state index is 0.0797. The van der Waals surface area contributed by atoms with Crippen molar-refractivity contribution in [1.29, 1.82) is 0 Å². The van der Waals surface area contributed by atoms with E-state index in [1.807, 2.05) is 26.0 Å². The third-order valence-electron chi connectivity index (χ3n) is 3.02. The van der Waals surface area contributed by atoms with Gasteiger partial charge in [0.15, 0.2) is 0 Å². The van der Waals surface area contributed by atoms with Crippen molar-refractivity contribution in [2.45, 2.75) is 32.7 Å². The van der Waals surface area contributed by atoms with E-state index in [1.54, 1.807) is 12.1 Å². The highest BCUT2D eigenvalue weighted by Gasteiger charge is 2.07. The first kappa shape index (κ1) is 16.2. The zero-order chi connectivity index (χ0) is 15.0. The molecule has 1 aromatic carbocycles.